The molecular formula is C13H25ClN2O. The summed E-state index contributed by atoms with van der Waals surface area (Å²) in [6.45, 7) is 11.5. The first-order valence-corrected chi connectivity index (χ1v) is 6.03. The molecule has 4 heteroatoms. The Morgan fingerprint density at radius 1 is 1.41 bits per heavy atom. The lowest BCUT2D eigenvalue weighted by Gasteiger charge is -2.35. The van der Waals surface area contributed by atoms with Gasteiger partial charge in [0.2, 0.25) is 5.91 Å². The molecule has 0 aliphatic carbocycles. The molecule has 2 N–H and O–H groups in total. The molecule has 0 aromatic heterocycles. The van der Waals surface area contributed by atoms with Crippen molar-refractivity contribution >= 4 is 18.3 Å². The predicted octanol–water partition coefficient (Wildman–Crippen LogP) is 2.21. The fraction of sp³-hybridized carbons (Fsp3) is 0.769. The fourth-order valence-corrected chi connectivity index (χ4v) is 1.92. The number of nitrogens with two attached hydrogens (primary N) is 1. The van der Waals surface area contributed by atoms with Crippen LogP contribution in [0.3, 0.4) is 0 Å². The number of hydrogen-bond donors (Lipinski definition) is 1. The number of amides is 1. The lowest BCUT2D eigenvalue weighted by atomic mass is 9.86. The molecule has 1 atom stereocenters. The van der Waals surface area contributed by atoms with Gasteiger partial charge in [0.25, 0.3) is 0 Å². The first kappa shape index (κ1) is 16.5. The van der Waals surface area contributed by atoms with Crippen molar-refractivity contribution < 1.29 is 4.79 Å². The number of halogens is 1. The van der Waals surface area contributed by atoms with Gasteiger partial charge >= 0.3 is 0 Å². The van der Waals surface area contributed by atoms with Crippen LogP contribution in [0.15, 0.2) is 12.7 Å². The van der Waals surface area contributed by atoms with Gasteiger partial charge in [-0.25, -0.2) is 0 Å². The van der Waals surface area contributed by atoms with Gasteiger partial charge in [-0.05, 0) is 24.2 Å². The number of nitrogens with zero attached hydrogens (tertiary/aromatic N) is 1. The number of allylic oxidation sites excluding steroid dienone is 1. The van der Waals surface area contributed by atoms with Crippen LogP contribution in [0.25, 0.3) is 0 Å². The van der Waals surface area contributed by atoms with E-state index in [1.165, 1.54) is 0 Å². The highest BCUT2D eigenvalue weighted by molar-refractivity contribution is 5.85. The molecule has 1 amide bonds. The highest BCUT2D eigenvalue weighted by Crippen LogP contribution is 2.23. The molecular weight excluding hydrogens is 236 g/mol. The lowest BCUT2D eigenvalue weighted by molar-refractivity contribution is -0.136. The van der Waals surface area contributed by atoms with Gasteiger partial charge in [0.1, 0.15) is 0 Å². The summed E-state index contributed by atoms with van der Waals surface area (Å²) in [6, 6.07) is -0.396. The number of carbonyl (C=O) groups is 1. The summed E-state index contributed by atoms with van der Waals surface area (Å²) in [7, 11) is 0. The van der Waals surface area contributed by atoms with Crippen LogP contribution in [0.2, 0.25) is 0 Å². The standard InChI is InChI=1S/C13H24N2O.ClH/c1-5-10-6-8-15(9-7-10)12(16)11(14)13(2,3)4;/h5,10-11H,1,6-9,14H2,2-4H3;1H/t11-;/m1./s1. The Bertz CT molecular complexity index is 265. The van der Waals surface area contributed by atoms with Crippen LogP contribution in [-0.4, -0.2) is 29.9 Å². The summed E-state index contributed by atoms with van der Waals surface area (Å²) >= 11 is 0. The van der Waals surface area contributed by atoms with Crippen molar-refractivity contribution in [2.75, 3.05) is 13.1 Å². The largest absolute Gasteiger partial charge is 0.341 e. The number of carbonyl (C=O) groups excluding carboxylic acids is 1. The zero-order chi connectivity index (χ0) is 12.3. The smallest absolute Gasteiger partial charge is 0.240 e. The van der Waals surface area contributed by atoms with Gasteiger partial charge in [-0.1, -0.05) is 26.8 Å². The van der Waals surface area contributed by atoms with E-state index in [1.807, 2.05) is 31.7 Å². The third-order valence-corrected chi connectivity index (χ3v) is 3.38. The molecule has 0 bridgehead atoms. The van der Waals surface area contributed by atoms with Crippen LogP contribution < -0.4 is 5.73 Å². The van der Waals surface area contributed by atoms with Gasteiger partial charge in [-0.15, -0.1) is 19.0 Å². The van der Waals surface area contributed by atoms with Gasteiger partial charge in [0, 0.05) is 13.1 Å². The fourth-order valence-electron chi connectivity index (χ4n) is 1.92. The lowest BCUT2D eigenvalue weighted by Crippen LogP contribution is -2.52. The number of hydrogen-bond acceptors (Lipinski definition) is 2. The summed E-state index contributed by atoms with van der Waals surface area (Å²) < 4.78 is 0. The van der Waals surface area contributed by atoms with Crippen molar-refractivity contribution in [1.29, 1.82) is 0 Å². The van der Waals surface area contributed by atoms with Crippen molar-refractivity contribution in [2.24, 2.45) is 17.1 Å². The summed E-state index contributed by atoms with van der Waals surface area (Å²) in [4.78, 5) is 14.0. The van der Waals surface area contributed by atoms with Crippen molar-refractivity contribution in [1.82, 2.24) is 4.90 Å². The van der Waals surface area contributed by atoms with Gasteiger partial charge in [-0.2, -0.15) is 0 Å². The summed E-state index contributed by atoms with van der Waals surface area (Å²) in [5.74, 6) is 0.657. The van der Waals surface area contributed by atoms with Crippen LogP contribution in [0, 0.1) is 11.3 Å². The van der Waals surface area contributed by atoms with Crippen molar-refractivity contribution in [3.63, 3.8) is 0 Å². The van der Waals surface area contributed by atoms with E-state index in [1.54, 1.807) is 0 Å². The predicted molar refractivity (Wildman–Crippen MR) is 74.2 cm³/mol. The quantitative estimate of drug-likeness (QED) is 0.774. The van der Waals surface area contributed by atoms with Gasteiger partial charge in [0.05, 0.1) is 6.04 Å². The van der Waals surface area contributed by atoms with E-state index in [9.17, 15) is 4.79 Å². The Labute approximate surface area is 111 Å². The third-order valence-electron chi connectivity index (χ3n) is 3.38. The Kier molecular flexibility index (Phi) is 6.20. The number of rotatable bonds is 2. The maximum absolute atomic E-state index is 12.1. The molecule has 0 saturated carbocycles. The van der Waals surface area contributed by atoms with E-state index < -0.39 is 6.04 Å². The molecule has 0 radical (unpaired) electrons. The maximum Gasteiger partial charge on any atom is 0.240 e. The zero-order valence-electron chi connectivity index (χ0n) is 11.1. The number of likely N-dealkylation sites (tertiary alicyclic amines) is 1. The second-order valence-corrected chi connectivity index (χ2v) is 5.74. The van der Waals surface area contributed by atoms with E-state index in [-0.39, 0.29) is 23.7 Å². The highest BCUT2D eigenvalue weighted by atomic mass is 35.5. The molecule has 17 heavy (non-hydrogen) atoms. The molecule has 1 saturated heterocycles. The van der Waals surface area contributed by atoms with E-state index in [2.05, 4.69) is 6.58 Å². The van der Waals surface area contributed by atoms with Crippen LogP contribution in [0.1, 0.15) is 33.6 Å². The normalized spacial score (nSPS) is 19.4. The molecule has 0 spiro atoms. The Balaban J connectivity index is 0.00000256. The van der Waals surface area contributed by atoms with Crippen molar-refractivity contribution in [2.45, 2.75) is 39.7 Å². The molecule has 1 rings (SSSR count). The van der Waals surface area contributed by atoms with E-state index >= 15 is 0 Å². The second-order valence-electron chi connectivity index (χ2n) is 5.74. The van der Waals surface area contributed by atoms with Gasteiger partial charge < -0.3 is 10.6 Å². The van der Waals surface area contributed by atoms with Crippen LogP contribution in [0.5, 0.6) is 0 Å². The first-order chi connectivity index (χ1) is 7.36. The molecule has 0 unspecified atom stereocenters. The molecule has 1 aliphatic rings. The summed E-state index contributed by atoms with van der Waals surface area (Å²) in [6.07, 6.45) is 4.03. The Hall–Kier alpha value is -0.540. The molecule has 1 heterocycles. The molecule has 0 aromatic rings. The zero-order valence-corrected chi connectivity index (χ0v) is 11.9. The summed E-state index contributed by atoms with van der Waals surface area (Å²) in [5, 5.41) is 0. The van der Waals surface area contributed by atoms with Crippen LogP contribution >= 0.6 is 12.4 Å². The molecule has 3 nitrogen and oxygen atoms in total. The average molecular weight is 261 g/mol. The average Bonchev–Trinajstić information content (AvgIpc) is 2.26. The monoisotopic (exact) mass is 260 g/mol. The highest BCUT2D eigenvalue weighted by Gasteiger charge is 2.32. The minimum atomic E-state index is -0.396. The van der Waals surface area contributed by atoms with Crippen LogP contribution in [-0.2, 0) is 4.79 Å². The minimum Gasteiger partial charge on any atom is -0.341 e. The SMILES string of the molecule is C=CC1CCN(C(=O)[C@@H](N)C(C)(C)C)CC1.Cl. The second kappa shape index (κ2) is 6.41. The summed E-state index contributed by atoms with van der Waals surface area (Å²) in [5.41, 5.74) is 5.82. The Morgan fingerprint density at radius 3 is 2.24 bits per heavy atom. The molecule has 1 fully saturated rings. The van der Waals surface area contributed by atoms with Gasteiger partial charge in [-0.3, -0.25) is 4.79 Å². The van der Waals surface area contributed by atoms with Crippen molar-refractivity contribution in [3.8, 4) is 0 Å². The minimum absolute atomic E-state index is 0. The first-order valence-electron chi connectivity index (χ1n) is 6.03. The molecule has 100 valence electrons. The maximum atomic E-state index is 12.1. The van der Waals surface area contributed by atoms with E-state index in [0.717, 1.165) is 25.9 Å². The van der Waals surface area contributed by atoms with Gasteiger partial charge in [0.15, 0.2) is 0 Å². The molecule has 1 aliphatic heterocycles. The number of piperidine rings is 1. The van der Waals surface area contributed by atoms with Crippen LogP contribution in [0.4, 0.5) is 0 Å². The molecule has 0 aromatic carbocycles. The van der Waals surface area contributed by atoms with E-state index in [0.29, 0.717) is 5.92 Å². The van der Waals surface area contributed by atoms with E-state index in [4.69, 9.17) is 5.73 Å². The van der Waals surface area contributed by atoms with Crippen molar-refractivity contribution in [3.05, 3.63) is 12.7 Å². The third kappa shape index (κ3) is 4.32. The Morgan fingerprint density at radius 2 is 1.88 bits per heavy atom. The topological polar surface area (TPSA) is 46.3 Å².